The Kier molecular flexibility index (Phi) is 5.83. The van der Waals surface area contributed by atoms with Crippen LogP contribution in [0.2, 0.25) is 0 Å². The Morgan fingerprint density at radius 1 is 1.24 bits per heavy atom. The highest BCUT2D eigenvalue weighted by atomic mass is 19.1. The first-order chi connectivity index (χ1) is 16.4. The maximum absolute atomic E-state index is 15.0. The van der Waals surface area contributed by atoms with Crippen molar-refractivity contribution in [1.82, 2.24) is 15.3 Å². The molecule has 0 amide bonds. The fourth-order valence-corrected chi connectivity index (χ4v) is 4.56. The van der Waals surface area contributed by atoms with Crippen LogP contribution in [0.4, 0.5) is 21.7 Å². The lowest BCUT2D eigenvalue weighted by molar-refractivity contribution is 0.305. The summed E-state index contributed by atoms with van der Waals surface area (Å²) < 4.78 is 26.4. The number of nitrogens with one attached hydrogen (secondary N) is 2. The van der Waals surface area contributed by atoms with E-state index in [-0.39, 0.29) is 11.7 Å². The zero-order valence-electron chi connectivity index (χ0n) is 19.6. The summed E-state index contributed by atoms with van der Waals surface area (Å²) in [6.07, 6.45) is 2.20. The predicted octanol–water partition coefficient (Wildman–Crippen LogP) is 4.80. The van der Waals surface area contributed by atoms with Crippen molar-refractivity contribution >= 4 is 17.3 Å². The van der Waals surface area contributed by atoms with Crippen LogP contribution < -0.4 is 25.0 Å². The molecule has 0 atom stereocenters. The highest BCUT2D eigenvalue weighted by Crippen LogP contribution is 2.46. The average Bonchev–Trinajstić information content (AvgIpc) is 2.84. The summed E-state index contributed by atoms with van der Waals surface area (Å²) >= 11 is 0. The van der Waals surface area contributed by atoms with E-state index in [1.807, 2.05) is 12.1 Å². The molecular formula is C26H28FN5O2. The maximum Gasteiger partial charge on any atom is 0.227 e. The van der Waals surface area contributed by atoms with Crippen molar-refractivity contribution < 1.29 is 13.9 Å². The van der Waals surface area contributed by atoms with Gasteiger partial charge >= 0.3 is 0 Å². The third kappa shape index (κ3) is 4.05. The van der Waals surface area contributed by atoms with E-state index in [1.165, 1.54) is 17.3 Å². The molecule has 2 aliphatic rings. The Morgan fingerprint density at radius 2 is 2.09 bits per heavy atom. The number of anilines is 3. The molecule has 0 fully saturated rings. The summed E-state index contributed by atoms with van der Waals surface area (Å²) in [6, 6.07) is 9.94. The van der Waals surface area contributed by atoms with Gasteiger partial charge < -0.3 is 25.0 Å². The smallest absolute Gasteiger partial charge is 0.227 e. The van der Waals surface area contributed by atoms with E-state index in [0.717, 1.165) is 36.6 Å². The molecule has 2 N–H and O–H groups in total. The Morgan fingerprint density at radius 3 is 2.88 bits per heavy atom. The third-order valence-corrected chi connectivity index (χ3v) is 6.12. The van der Waals surface area contributed by atoms with Crippen molar-refractivity contribution in [2.45, 2.75) is 32.9 Å². The van der Waals surface area contributed by atoms with Gasteiger partial charge in [0.05, 0.1) is 19.0 Å². The molecule has 1 aromatic heterocycles. The minimum absolute atomic E-state index is 0.140. The van der Waals surface area contributed by atoms with Gasteiger partial charge in [-0.25, -0.2) is 14.4 Å². The molecule has 0 saturated carbocycles. The van der Waals surface area contributed by atoms with Crippen LogP contribution in [0.25, 0.3) is 11.3 Å². The van der Waals surface area contributed by atoms with Crippen LogP contribution in [0, 0.1) is 5.82 Å². The summed E-state index contributed by atoms with van der Waals surface area (Å²) in [4.78, 5) is 10.8. The molecule has 0 saturated heterocycles. The summed E-state index contributed by atoms with van der Waals surface area (Å²) in [5, 5.41) is 6.60. The van der Waals surface area contributed by atoms with Gasteiger partial charge in [0.15, 0.2) is 17.3 Å². The zero-order valence-corrected chi connectivity index (χ0v) is 19.6. The van der Waals surface area contributed by atoms with Crippen LogP contribution in [0.15, 0.2) is 48.8 Å². The molecule has 34 heavy (non-hydrogen) atoms. The zero-order chi connectivity index (χ0) is 23.8. The minimum atomic E-state index is -0.520. The van der Waals surface area contributed by atoms with Crippen molar-refractivity contribution in [3.63, 3.8) is 0 Å². The quantitative estimate of drug-likeness (QED) is 0.565. The number of halogens is 1. The van der Waals surface area contributed by atoms with Crippen molar-refractivity contribution in [3.05, 3.63) is 65.7 Å². The molecule has 0 spiro atoms. The Balaban J connectivity index is 1.53. The third-order valence-electron chi connectivity index (χ3n) is 6.12. The van der Waals surface area contributed by atoms with Crippen LogP contribution >= 0.6 is 0 Å². The van der Waals surface area contributed by atoms with E-state index >= 15 is 0 Å². The van der Waals surface area contributed by atoms with Crippen LogP contribution in [-0.4, -0.2) is 36.3 Å². The molecule has 0 aliphatic carbocycles. The van der Waals surface area contributed by atoms with Crippen LogP contribution in [0.1, 0.15) is 25.0 Å². The van der Waals surface area contributed by atoms with E-state index in [4.69, 9.17) is 9.47 Å². The molecule has 176 valence electrons. The first-order valence-corrected chi connectivity index (χ1v) is 11.4. The second-order valence-electron chi connectivity index (χ2n) is 8.77. The highest BCUT2D eigenvalue weighted by molar-refractivity contribution is 5.78. The van der Waals surface area contributed by atoms with E-state index < -0.39 is 5.82 Å². The molecule has 7 nitrogen and oxygen atoms in total. The van der Waals surface area contributed by atoms with Gasteiger partial charge in [0, 0.05) is 29.5 Å². The van der Waals surface area contributed by atoms with Gasteiger partial charge in [0.2, 0.25) is 5.95 Å². The molecule has 3 heterocycles. The largest absolute Gasteiger partial charge is 0.493 e. The van der Waals surface area contributed by atoms with Crippen molar-refractivity contribution in [2.75, 3.05) is 30.5 Å². The van der Waals surface area contributed by atoms with Gasteiger partial charge in [-0.3, -0.25) is 0 Å². The highest BCUT2D eigenvalue weighted by Gasteiger charge is 2.28. The normalized spacial score (nSPS) is 15.0. The number of ether oxygens (including phenoxy) is 2. The Labute approximate surface area is 198 Å². The van der Waals surface area contributed by atoms with Gasteiger partial charge in [-0.05, 0) is 62.2 Å². The monoisotopic (exact) mass is 461 g/mol. The number of hydrogen-bond donors (Lipinski definition) is 2. The number of aromatic nitrogens is 2. The minimum Gasteiger partial charge on any atom is -0.493 e. The Bertz CT molecular complexity index is 1260. The number of rotatable bonds is 5. The fraction of sp³-hybridized carbons (Fsp3) is 0.308. The lowest BCUT2D eigenvalue weighted by atomic mass is 10.0. The number of nitrogens with zero attached hydrogens (tertiary/aromatic N) is 3. The lowest BCUT2D eigenvalue weighted by Gasteiger charge is -2.36. The van der Waals surface area contributed by atoms with Crippen LogP contribution in [0.3, 0.4) is 0 Å². The van der Waals surface area contributed by atoms with Crippen LogP contribution in [-0.2, 0) is 13.0 Å². The van der Waals surface area contributed by atoms with Gasteiger partial charge in [0.25, 0.3) is 0 Å². The number of hydrogen-bond acceptors (Lipinski definition) is 7. The van der Waals surface area contributed by atoms with E-state index in [9.17, 15) is 4.39 Å². The molecule has 2 aliphatic heterocycles. The summed E-state index contributed by atoms with van der Waals surface area (Å²) in [7, 11) is 1.57. The molecule has 5 rings (SSSR count). The summed E-state index contributed by atoms with van der Waals surface area (Å²) in [6.45, 7) is 10.5. The summed E-state index contributed by atoms with van der Waals surface area (Å²) in [5.74, 6) is 0.926. The number of methoxy groups -OCH3 is 1. The predicted molar refractivity (Wildman–Crippen MR) is 131 cm³/mol. The van der Waals surface area contributed by atoms with Gasteiger partial charge in [-0.2, -0.15) is 0 Å². The van der Waals surface area contributed by atoms with E-state index in [1.54, 1.807) is 13.2 Å². The second-order valence-corrected chi connectivity index (χ2v) is 8.77. The van der Waals surface area contributed by atoms with Gasteiger partial charge in [-0.15, -0.1) is 0 Å². The molecule has 0 bridgehead atoms. The van der Waals surface area contributed by atoms with E-state index in [2.05, 4.69) is 58.1 Å². The molecule has 3 aromatic rings. The topological polar surface area (TPSA) is 71.5 Å². The maximum atomic E-state index is 15.0. The SMILES string of the molecule is C=C1COc2c(OC)cc(-c3nc(Nc4ccc5c(c4)CNCC5)ncc3F)cc2N1C(C)C. The van der Waals surface area contributed by atoms with Gasteiger partial charge in [-0.1, -0.05) is 12.6 Å². The molecule has 8 heteroatoms. The number of fused-ring (bicyclic) bond motifs is 2. The standard InChI is InChI=1S/C26H28FN5O2/c1-15(2)32-16(3)14-34-25-22(32)10-18(11-23(25)33-4)24-21(27)13-29-26(31-24)30-20-6-5-17-7-8-28-12-19(17)9-20/h5-6,9-11,13,15,28H,3,7-8,12,14H2,1-2,4H3,(H,29,30,31). The molecular weight excluding hydrogens is 433 g/mol. The van der Waals surface area contributed by atoms with Crippen molar-refractivity contribution in [2.24, 2.45) is 0 Å². The Hall–Kier alpha value is -3.65. The fourth-order valence-electron chi connectivity index (χ4n) is 4.56. The molecule has 0 unspecified atom stereocenters. The second kappa shape index (κ2) is 8.95. The van der Waals surface area contributed by atoms with Crippen molar-refractivity contribution in [3.8, 4) is 22.8 Å². The van der Waals surface area contributed by atoms with Crippen LogP contribution in [0.5, 0.6) is 11.5 Å². The van der Waals surface area contributed by atoms with Crippen molar-refractivity contribution in [1.29, 1.82) is 0 Å². The first kappa shape index (κ1) is 22.2. The lowest BCUT2D eigenvalue weighted by Crippen LogP contribution is -2.35. The van der Waals surface area contributed by atoms with E-state index in [0.29, 0.717) is 29.6 Å². The molecule has 2 aromatic carbocycles. The summed E-state index contributed by atoms with van der Waals surface area (Å²) in [5.41, 5.74) is 5.79. The molecule has 0 radical (unpaired) electrons. The number of benzene rings is 2. The first-order valence-electron chi connectivity index (χ1n) is 11.4. The average molecular weight is 462 g/mol. The van der Waals surface area contributed by atoms with Gasteiger partial charge in [0.1, 0.15) is 12.3 Å².